The Balaban J connectivity index is 2.28. The van der Waals surface area contributed by atoms with Gasteiger partial charge in [0.15, 0.2) is 12.0 Å². The molecule has 120 valence electrons. The Kier molecular flexibility index (Phi) is 5.12. The molecule has 0 aliphatic carbocycles. The first-order chi connectivity index (χ1) is 10.7. The van der Waals surface area contributed by atoms with Gasteiger partial charge in [-0.3, -0.25) is 4.79 Å². The van der Waals surface area contributed by atoms with E-state index in [1.54, 1.807) is 12.1 Å². The van der Waals surface area contributed by atoms with Crippen molar-refractivity contribution >= 4 is 35.5 Å². The van der Waals surface area contributed by atoms with Gasteiger partial charge in [0.2, 0.25) is 0 Å². The van der Waals surface area contributed by atoms with Gasteiger partial charge in [-0.2, -0.15) is 0 Å². The van der Waals surface area contributed by atoms with E-state index in [2.05, 4.69) is 20.8 Å². The Morgan fingerprint density at radius 3 is 2.22 bits per heavy atom. The summed E-state index contributed by atoms with van der Waals surface area (Å²) in [5.74, 6) is -0.575. The lowest BCUT2D eigenvalue weighted by molar-refractivity contribution is 0.0733. The van der Waals surface area contributed by atoms with Gasteiger partial charge >= 0.3 is 5.97 Å². The highest BCUT2D eigenvalue weighted by Gasteiger charge is 2.18. The van der Waals surface area contributed by atoms with Crippen LogP contribution in [0.4, 0.5) is 0 Å². The summed E-state index contributed by atoms with van der Waals surface area (Å²) in [6.07, 6.45) is 0.545. The van der Waals surface area contributed by atoms with Crippen molar-refractivity contribution in [3.05, 3.63) is 63.1 Å². The normalized spacial score (nSPS) is 11.2. The van der Waals surface area contributed by atoms with Crippen LogP contribution in [0.1, 0.15) is 47.1 Å². The van der Waals surface area contributed by atoms with Gasteiger partial charge in [0, 0.05) is 5.02 Å². The van der Waals surface area contributed by atoms with Crippen molar-refractivity contribution in [2.45, 2.75) is 26.2 Å². The molecule has 0 saturated heterocycles. The molecule has 3 nitrogen and oxygen atoms in total. The number of aldehydes is 1. The molecule has 0 heterocycles. The van der Waals surface area contributed by atoms with Gasteiger partial charge in [-0.15, -0.1) is 0 Å². The fourth-order valence-electron chi connectivity index (χ4n) is 2.03. The van der Waals surface area contributed by atoms with E-state index < -0.39 is 5.97 Å². The Hall–Kier alpha value is -1.84. The number of carbonyl (C=O) groups excluding carboxylic acids is 2. The molecule has 0 aromatic heterocycles. The molecule has 2 rings (SSSR count). The van der Waals surface area contributed by atoms with E-state index in [1.807, 2.05) is 12.1 Å². The van der Waals surface area contributed by atoms with Crippen LogP contribution in [0.15, 0.2) is 36.4 Å². The van der Waals surface area contributed by atoms with E-state index in [-0.39, 0.29) is 21.8 Å². The molecule has 23 heavy (non-hydrogen) atoms. The molecule has 0 radical (unpaired) electrons. The van der Waals surface area contributed by atoms with Gasteiger partial charge in [0.1, 0.15) is 0 Å². The molecular weight excluding hydrogens is 335 g/mol. The number of hydrogen-bond acceptors (Lipinski definition) is 3. The summed E-state index contributed by atoms with van der Waals surface area (Å²) in [6.45, 7) is 6.26. The second kappa shape index (κ2) is 6.73. The van der Waals surface area contributed by atoms with Crippen molar-refractivity contribution < 1.29 is 14.3 Å². The molecule has 0 spiro atoms. The largest absolute Gasteiger partial charge is 0.421 e. The van der Waals surface area contributed by atoms with Crippen LogP contribution in [-0.2, 0) is 5.41 Å². The summed E-state index contributed by atoms with van der Waals surface area (Å²) in [6, 6.07) is 9.94. The number of esters is 1. The summed E-state index contributed by atoms with van der Waals surface area (Å²) < 4.78 is 5.27. The van der Waals surface area contributed by atoms with Gasteiger partial charge in [-0.1, -0.05) is 56.1 Å². The third-order valence-corrected chi connectivity index (χ3v) is 3.84. The van der Waals surface area contributed by atoms with Crippen molar-refractivity contribution in [1.82, 2.24) is 0 Å². The van der Waals surface area contributed by atoms with Crippen LogP contribution in [0.25, 0.3) is 0 Å². The Labute approximate surface area is 145 Å². The van der Waals surface area contributed by atoms with Crippen LogP contribution in [0.2, 0.25) is 10.0 Å². The van der Waals surface area contributed by atoms with Gasteiger partial charge in [0.05, 0.1) is 16.1 Å². The smallest absolute Gasteiger partial charge is 0.343 e. The van der Waals surface area contributed by atoms with Crippen molar-refractivity contribution in [3.8, 4) is 5.75 Å². The molecule has 0 aliphatic rings. The number of hydrogen-bond donors (Lipinski definition) is 0. The fourth-order valence-corrected chi connectivity index (χ4v) is 2.58. The third-order valence-electron chi connectivity index (χ3n) is 3.35. The van der Waals surface area contributed by atoms with Crippen LogP contribution in [0, 0.1) is 0 Å². The lowest BCUT2D eigenvalue weighted by Crippen LogP contribution is -2.13. The zero-order chi connectivity index (χ0) is 17.2. The quantitative estimate of drug-likeness (QED) is 0.427. The molecule has 0 bridgehead atoms. The van der Waals surface area contributed by atoms with E-state index in [1.165, 1.54) is 12.1 Å². The van der Waals surface area contributed by atoms with Crippen LogP contribution >= 0.6 is 23.2 Å². The first-order valence-electron chi connectivity index (χ1n) is 6.99. The summed E-state index contributed by atoms with van der Waals surface area (Å²) in [5.41, 5.74) is 1.60. The molecule has 0 amide bonds. The molecule has 0 fully saturated rings. The first kappa shape index (κ1) is 17.5. The first-order valence-corrected chi connectivity index (χ1v) is 7.75. The monoisotopic (exact) mass is 350 g/mol. The molecule has 0 unspecified atom stereocenters. The molecule has 0 N–H and O–H groups in total. The minimum atomic E-state index is -0.585. The molecule has 0 atom stereocenters. The van der Waals surface area contributed by atoms with E-state index in [0.29, 0.717) is 16.9 Å². The van der Waals surface area contributed by atoms with Crippen molar-refractivity contribution in [3.63, 3.8) is 0 Å². The van der Waals surface area contributed by atoms with Crippen molar-refractivity contribution in [2.75, 3.05) is 0 Å². The van der Waals surface area contributed by atoms with E-state index >= 15 is 0 Å². The standard InChI is InChI=1S/C18H16Cl2O3/c1-18(2,3)13-6-4-11(5-7-13)17(22)23-16-12(10-21)8-14(19)9-15(16)20/h4-10H,1-3H3. The Bertz CT molecular complexity index is 744. The highest BCUT2D eigenvalue weighted by molar-refractivity contribution is 6.36. The lowest BCUT2D eigenvalue weighted by atomic mass is 9.87. The average molecular weight is 351 g/mol. The Morgan fingerprint density at radius 2 is 1.70 bits per heavy atom. The molecule has 0 saturated carbocycles. The third kappa shape index (κ3) is 4.12. The predicted molar refractivity (Wildman–Crippen MR) is 92.0 cm³/mol. The molecule has 2 aromatic rings. The minimum absolute atomic E-state index is 0.00733. The average Bonchev–Trinajstić information content (AvgIpc) is 2.48. The van der Waals surface area contributed by atoms with E-state index in [4.69, 9.17) is 27.9 Å². The summed E-state index contributed by atoms with van der Waals surface area (Å²) >= 11 is 11.8. The van der Waals surface area contributed by atoms with Crippen LogP contribution < -0.4 is 4.74 Å². The fraction of sp³-hybridized carbons (Fsp3) is 0.222. The number of halogens is 2. The van der Waals surface area contributed by atoms with Gasteiger partial charge < -0.3 is 4.74 Å². The second-order valence-corrected chi connectivity index (χ2v) is 6.98. The molecule has 0 aliphatic heterocycles. The lowest BCUT2D eigenvalue weighted by Gasteiger charge is -2.19. The molecule has 2 aromatic carbocycles. The minimum Gasteiger partial charge on any atom is -0.421 e. The predicted octanol–water partition coefficient (Wildman–Crippen LogP) is 5.32. The highest BCUT2D eigenvalue weighted by atomic mass is 35.5. The van der Waals surface area contributed by atoms with Crippen LogP contribution in [0.3, 0.4) is 0 Å². The maximum atomic E-state index is 12.3. The maximum Gasteiger partial charge on any atom is 0.343 e. The summed E-state index contributed by atoms with van der Waals surface area (Å²) in [5, 5.41) is 0.408. The zero-order valence-electron chi connectivity index (χ0n) is 13.0. The van der Waals surface area contributed by atoms with Crippen molar-refractivity contribution in [1.29, 1.82) is 0 Å². The van der Waals surface area contributed by atoms with Crippen LogP contribution in [-0.4, -0.2) is 12.3 Å². The van der Waals surface area contributed by atoms with E-state index in [0.717, 1.165) is 5.56 Å². The Morgan fingerprint density at radius 1 is 1.09 bits per heavy atom. The SMILES string of the molecule is CC(C)(C)c1ccc(C(=O)Oc2c(Cl)cc(Cl)cc2C=O)cc1. The van der Waals surface area contributed by atoms with Gasteiger partial charge in [-0.05, 0) is 35.2 Å². The molecule has 5 heteroatoms. The van der Waals surface area contributed by atoms with E-state index in [9.17, 15) is 9.59 Å². The van der Waals surface area contributed by atoms with Gasteiger partial charge in [-0.25, -0.2) is 4.79 Å². The van der Waals surface area contributed by atoms with Gasteiger partial charge in [0.25, 0.3) is 0 Å². The molecular formula is C18H16Cl2O3. The van der Waals surface area contributed by atoms with Crippen molar-refractivity contribution in [2.24, 2.45) is 0 Å². The number of carbonyl (C=O) groups is 2. The second-order valence-electron chi connectivity index (χ2n) is 6.14. The topological polar surface area (TPSA) is 43.4 Å². The number of rotatable bonds is 3. The number of ether oxygens (including phenoxy) is 1. The summed E-state index contributed by atoms with van der Waals surface area (Å²) in [7, 11) is 0. The summed E-state index contributed by atoms with van der Waals surface area (Å²) in [4.78, 5) is 23.3. The number of benzene rings is 2. The highest BCUT2D eigenvalue weighted by Crippen LogP contribution is 2.32. The van der Waals surface area contributed by atoms with Crippen LogP contribution in [0.5, 0.6) is 5.75 Å². The zero-order valence-corrected chi connectivity index (χ0v) is 14.5. The maximum absolute atomic E-state index is 12.3.